The van der Waals surface area contributed by atoms with Gasteiger partial charge < -0.3 is 20.8 Å². The highest BCUT2D eigenvalue weighted by Gasteiger charge is 2.24. The lowest BCUT2D eigenvalue weighted by atomic mass is 9.88. The standard InChI is InChI=1S/C18H21N3O3/c19-9-12-6-14(11-20-10-12)16-7-15(8-17(22)24-16)21-18(23)13-4-2-1-3-5-13/h1-5,7-8,12,14,20H,6,9-11,19H2,(H,21,23)/t12?,14-/m0/s1. The van der Waals surface area contributed by atoms with Crippen LogP contribution in [0.3, 0.4) is 0 Å². The number of piperidine rings is 1. The van der Waals surface area contributed by atoms with Crippen LogP contribution in [0.5, 0.6) is 0 Å². The molecular formula is C18H21N3O3. The lowest BCUT2D eigenvalue weighted by molar-refractivity contribution is 0.102. The maximum Gasteiger partial charge on any atom is 0.337 e. The van der Waals surface area contributed by atoms with Gasteiger partial charge in [-0.3, -0.25) is 4.79 Å². The van der Waals surface area contributed by atoms with Crippen molar-refractivity contribution < 1.29 is 9.21 Å². The maximum absolute atomic E-state index is 12.2. The Morgan fingerprint density at radius 2 is 2.04 bits per heavy atom. The largest absolute Gasteiger partial charge is 0.427 e. The minimum absolute atomic E-state index is 0.0774. The molecule has 1 fully saturated rings. The number of nitrogens with two attached hydrogens (primary N) is 1. The zero-order valence-corrected chi connectivity index (χ0v) is 13.3. The topological polar surface area (TPSA) is 97.4 Å². The smallest absolute Gasteiger partial charge is 0.337 e. The van der Waals surface area contributed by atoms with Gasteiger partial charge in [0.2, 0.25) is 0 Å². The van der Waals surface area contributed by atoms with Crippen LogP contribution in [0.25, 0.3) is 0 Å². The molecule has 0 radical (unpaired) electrons. The lowest BCUT2D eigenvalue weighted by Crippen LogP contribution is -2.38. The third kappa shape index (κ3) is 3.90. The normalized spacial score (nSPS) is 20.5. The first-order valence-electron chi connectivity index (χ1n) is 8.08. The van der Waals surface area contributed by atoms with Crippen molar-refractivity contribution in [2.24, 2.45) is 11.7 Å². The first-order chi connectivity index (χ1) is 11.7. The summed E-state index contributed by atoms with van der Waals surface area (Å²) in [5.41, 5.74) is 6.26. The van der Waals surface area contributed by atoms with E-state index in [1.54, 1.807) is 30.3 Å². The van der Waals surface area contributed by atoms with Crippen molar-refractivity contribution in [3.63, 3.8) is 0 Å². The summed E-state index contributed by atoms with van der Waals surface area (Å²) in [6.45, 7) is 2.20. The number of carbonyl (C=O) groups is 1. The van der Waals surface area contributed by atoms with Gasteiger partial charge in [0.25, 0.3) is 5.91 Å². The molecule has 126 valence electrons. The highest BCUT2D eigenvalue weighted by atomic mass is 16.4. The molecule has 1 aromatic carbocycles. The predicted molar refractivity (Wildman–Crippen MR) is 92.1 cm³/mol. The van der Waals surface area contributed by atoms with E-state index in [0.29, 0.717) is 29.5 Å². The number of nitrogens with one attached hydrogen (secondary N) is 2. The summed E-state index contributed by atoms with van der Waals surface area (Å²) in [4.78, 5) is 24.1. The van der Waals surface area contributed by atoms with Crippen LogP contribution < -0.4 is 22.0 Å². The molecular weight excluding hydrogens is 306 g/mol. The molecule has 1 unspecified atom stereocenters. The van der Waals surface area contributed by atoms with Gasteiger partial charge in [-0.1, -0.05) is 18.2 Å². The molecule has 1 saturated heterocycles. The fraction of sp³-hybridized carbons (Fsp3) is 0.333. The van der Waals surface area contributed by atoms with Crippen molar-refractivity contribution in [1.82, 2.24) is 5.32 Å². The Balaban J connectivity index is 1.79. The van der Waals surface area contributed by atoms with Gasteiger partial charge in [-0.2, -0.15) is 0 Å². The van der Waals surface area contributed by atoms with Crippen LogP contribution in [0, 0.1) is 5.92 Å². The Hall–Kier alpha value is -2.44. The first kappa shape index (κ1) is 16.4. The fourth-order valence-corrected chi connectivity index (χ4v) is 2.99. The molecule has 0 spiro atoms. The number of anilines is 1. The SMILES string of the molecule is NCC1CNC[C@@H](c2cc(NC(=O)c3ccccc3)cc(=O)o2)C1. The third-order valence-corrected chi connectivity index (χ3v) is 4.26. The van der Waals surface area contributed by atoms with Gasteiger partial charge in [0.05, 0.1) is 5.69 Å². The van der Waals surface area contributed by atoms with Crippen LogP contribution in [-0.4, -0.2) is 25.5 Å². The second-order valence-electron chi connectivity index (χ2n) is 6.08. The molecule has 6 nitrogen and oxygen atoms in total. The molecule has 1 amide bonds. The van der Waals surface area contributed by atoms with Crippen molar-refractivity contribution >= 4 is 11.6 Å². The van der Waals surface area contributed by atoms with Crippen LogP contribution in [0.1, 0.15) is 28.5 Å². The minimum atomic E-state index is -0.467. The van der Waals surface area contributed by atoms with Gasteiger partial charge in [-0.15, -0.1) is 0 Å². The molecule has 6 heteroatoms. The molecule has 1 aliphatic rings. The van der Waals surface area contributed by atoms with Gasteiger partial charge in [0.15, 0.2) is 0 Å². The second kappa shape index (κ2) is 7.42. The van der Waals surface area contributed by atoms with Crippen molar-refractivity contribution in [3.8, 4) is 0 Å². The average molecular weight is 327 g/mol. The molecule has 24 heavy (non-hydrogen) atoms. The van der Waals surface area contributed by atoms with E-state index >= 15 is 0 Å². The highest BCUT2D eigenvalue weighted by Crippen LogP contribution is 2.26. The molecule has 1 aliphatic heterocycles. The number of benzene rings is 1. The van der Waals surface area contributed by atoms with E-state index in [-0.39, 0.29) is 11.8 Å². The van der Waals surface area contributed by atoms with Crippen LogP contribution in [0.4, 0.5) is 5.69 Å². The van der Waals surface area contributed by atoms with Crippen LogP contribution >= 0.6 is 0 Å². The lowest BCUT2D eigenvalue weighted by Gasteiger charge is -2.28. The fourth-order valence-electron chi connectivity index (χ4n) is 2.99. The van der Waals surface area contributed by atoms with E-state index in [1.165, 1.54) is 6.07 Å². The van der Waals surface area contributed by atoms with E-state index in [0.717, 1.165) is 19.5 Å². The highest BCUT2D eigenvalue weighted by molar-refractivity contribution is 6.04. The van der Waals surface area contributed by atoms with Crippen molar-refractivity contribution in [2.75, 3.05) is 25.0 Å². The van der Waals surface area contributed by atoms with E-state index in [1.807, 2.05) is 6.07 Å². The Bertz CT molecular complexity index is 758. The summed E-state index contributed by atoms with van der Waals surface area (Å²) in [5.74, 6) is 0.760. The number of amides is 1. The zero-order valence-electron chi connectivity index (χ0n) is 13.3. The third-order valence-electron chi connectivity index (χ3n) is 4.26. The van der Waals surface area contributed by atoms with Gasteiger partial charge in [0, 0.05) is 30.2 Å². The summed E-state index contributed by atoms with van der Waals surface area (Å²) in [5, 5.41) is 6.07. The van der Waals surface area contributed by atoms with E-state index in [4.69, 9.17) is 10.2 Å². The molecule has 2 aromatic rings. The number of hydrogen-bond donors (Lipinski definition) is 3. The Labute approximate surface area is 140 Å². The van der Waals surface area contributed by atoms with Gasteiger partial charge in [-0.05, 0) is 37.6 Å². The molecule has 0 aliphatic carbocycles. The van der Waals surface area contributed by atoms with E-state index in [9.17, 15) is 9.59 Å². The molecule has 3 rings (SSSR count). The Morgan fingerprint density at radius 1 is 1.25 bits per heavy atom. The number of hydrogen-bond acceptors (Lipinski definition) is 5. The Morgan fingerprint density at radius 3 is 2.79 bits per heavy atom. The molecule has 1 aromatic heterocycles. The van der Waals surface area contributed by atoms with Crippen molar-refractivity contribution in [1.29, 1.82) is 0 Å². The summed E-state index contributed by atoms with van der Waals surface area (Å²) in [6.07, 6.45) is 0.864. The summed E-state index contributed by atoms with van der Waals surface area (Å²) in [6, 6.07) is 11.9. The van der Waals surface area contributed by atoms with Gasteiger partial charge in [0.1, 0.15) is 5.76 Å². The number of carbonyl (C=O) groups excluding carboxylic acids is 1. The van der Waals surface area contributed by atoms with Crippen molar-refractivity contribution in [2.45, 2.75) is 12.3 Å². The molecule has 2 heterocycles. The maximum atomic E-state index is 12.2. The average Bonchev–Trinajstić information content (AvgIpc) is 2.62. The zero-order chi connectivity index (χ0) is 16.9. The first-order valence-corrected chi connectivity index (χ1v) is 8.08. The summed E-state index contributed by atoms with van der Waals surface area (Å²) >= 11 is 0. The van der Waals surface area contributed by atoms with Crippen LogP contribution in [0.2, 0.25) is 0 Å². The van der Waals surface area contributed by atoms with Crippen LogP contribution in [0.15, 0.2) is 51.7 Å². The van der Waals surface area contributed by atoms with E-state index in [2.05, 4.69) is 10.6 Å². The molecule has 4 N–H and O–H groups in total. The number of rotatable bonds is 4. The van der Waals surface area contributed by atoms with Gasteiger partial charge in [-0.25, -0.2) is 4.79 Å². The molecule has 0 saturated carbocycles. The quantitative estimate of drug-likeness (QED) is 0.791. The molecule has 2 atom stereocenters. The van der Waals surface area contributed by atoms with Crippen molar-refractivity contribution in [3.05, 3.63) is 64.2 Å². The van der Waals surface area contributed by atoms with Gasteiger partial charge >= 0.3 is 5.63 Å². The Kier molecular flexibility index (Phi) is 5.08. The minimum Gasteiger partial charge on any atom is -0.427 e. The monoisotopic (exact) mass is 327 g/mol. The van der Waals surface area contributed by atoms with Crippen LogP contribution in [-0.2, 0) is 0 Å². The summed E-state index contributed by atoms with van der Waals surface area (Å²) < 4.78 is 5.35. The second-order valence-corrected chi connectivity index (χ2v) is 6.08. The predicted octanol–water partition coefficient (Wildman–Crippen LogP) is 1.54. The molecule has 0 bridgehead atoms. The summed E-state index contributed by atoms with van der Waals surface area (Å²) in [7, 11) is 0. The van der Waals surface area contributed by atoms with E-state index < -0.39 is 5.63 Å².